The zero-order valence-corrected chi connectivity index (χ0v) is 15.4. The van der Waals surface area contributed by atoms with Gasteiger partial charge in [-0.3, -0.25) is 0 Å². The summed E-state index contributed by atoms with van der Waals surface area (Å²) >= 11 is 0. The largest absolute Gasteiger partial charge is 0.496 e. The highest BCUT2D eigenvalue weighted by atomic mass is 16.5. The number of rotatable bonds is 6. The molecule has 2 heterocycles. The van der Waals surface area contributed by atoms with Crippen LogP contribution in [0.15, 0.2) is 67.0 Å². The lowest BCUT2D eigenvalue weighted by molar-refractivity contribution is 0.416. The van der Waals surface area contributed by atoms with Crippen LogP contribution in [0.1, 0.15) is 0 Å². The third kappa shape index (κ3) is 3.46. The summed E-state index contributed by atoms with van der Waals surface area (Å²) in [6.45, 7) is 1.63. The summed E-state index contributed by atoms with van der Waals surface area (Å²) in [4.78, 5) is 6.53. The molecule has 2 aromatic heterocycles. The summed E-state index contributed by atoms with van der Waals surface area (Å²) in [5.41, 5.74) is 3.89. The predicted octanol–water partition coefficient (Wildman–Crippen LogP) is 3.64. The Balaban J connectivity index is 1.47. The third-order valence-corrected chi connectivity index (χ3v) is 4.63. The summed E-state index contributed by atoms with van der Waals surface area (Å²) in [7, 11) is 3.68. The van der Waals surface area contributed by atoms with Crippen molar-refractivity contribution in [3.05, 3.63) is 67.0 Å². The van der Waals surface area contributed by atoms with Gasteiger partial charge in [-0.1, -0.05) is 24.3 Å². The molecule has 0 N–H and O–H groups in total. The molecule has 0 amide bonds. The summed E-state index contributed by atoms with van der Waals surface area (Å²) in [5, 5.41) is 8.77. The van der Waals surface area contributed by atoms with Gasteiger partial charge in [-0.2, -0.15) is 0 Å². The Labute approximate surface area is 158 Å². The third-order valence-electron chi connectivity index (χ3n) is 4.63. The highest BCUT2D eigenvalue weighted by Gasteiger charge is 2.09. The summed E-state index contributed by atoms with van der Waals surface area (Å²) in [5.74, 6) is 1.62. The minimum absolute atomic E-state index is 0.792. The minimum Gasteiger partial charge on any atom is -0.496 e. The van der Waals surface area contributed by atoms with Crippen molar-refractivity contribution in [3.63, 3.8) is 0 Å². The first kappa shape index (κ1) is 17.0. The minimum atomic E-state index is 0.792. The smallest absolute Gasteiger partial charge is 0.151 e. The van der Waals surface area contributed by atoms with Gasteiger partial charge in [0.1, 0.15) is 5.75 Å². The van der Waals surface area contributed by atoms with E-state index in [1.54, 1.807) is 7.11 Å². The molecule has 27 heavy (non-hydrogen) atoms. The summed E-state index contributed by atoms with van der Waals surface area (Å²) in [6.07, 6.45) is 1.88. The fraction of sp³-hybridized carbons (Fsp3) is 0.190. The molecule has 2 aromatic carbocycles. The Morgan fingerprint density at radius 2 is 1.78 bits per heavy atom. The van der Waals surface area contributed by atoms with E-state index in [9.17, 15) is 0 Å². The predicted molar refractivity (Wildman–Crippen MR) is 107 cm³/mol. The van der Waals surface area contributed by atoms with Crippen molar-refractivity contribution >= 4 is 16.9 Å². The van der Waals surface area contributed by atoms with Crippen molar-refractivity contribution in [1.82, 2.24) is 19.7 Å². The average Bonchev–Trinajstić information content (AvgIpc) is 3.15. The molecular formula is C21H21N5O. The van der Waals surface area contributed by atoms with Crippen LogP contribution in [-0.4, -0.2) is 40.5 Å². The Kier molecular flexibility index (Phi) is 4.70. The number of benzene rings is 2. The lowest BCUT2D eigenvalue weighted by Crippen LogP contribution is -2.23. The summed E-state index contributed by atoms with van der Waals surface area (Å²) < 4.78 is 7.56. The number of hydrogen-bond acceptors (Lipinski definition) is 5. The SMILES string of the molecule is COc1ccccc1-c1ccc(N(C)CCn2cnc3ccccc32)nn1. The Morgan fingerprint density at radius 3 is 2.59 bits per heavy atom. The number of fused-ring (bicyclic) bond motifs is 1. The molecular weight excluding hydrogens is 338 g/mol. The van der Waals surface area contributed by atoms with E-state index in [-0.39, 0.29) is 0 Å². The van der Waals surface area contributed by atoms with Gasteiger partial charge >= 0.3 is 0 Å². The number of anilines is 1. The van der Waals surface area contributed by atoms with E-state index in [2.05, 4.69) is 30.7 Å². The Hall–Kier alpha value is -3.41. The van der Waals surface area contributed by atoms with Gasteiger partial charge in [0.25, 0.3) is 0 Å². The van der Waals surface area contributed by atoms with Crippen molar-refractivity contribution in [3.8, 4) is 17.0 Å². The van der Waals surface area contributed by atoms with Crippen LogP contribution in [0.5, 0.6) is 5.75 Å². The molecule has 4 aromatic rings. The normalized spacial score (nSPS) is 10.9. The first-order chi connectivity index (χ1) is 13.3. The molecule has 6 nitrogen and oxygen atoms in total. The van der Waals surface area contributed by atoms with Crippen LogP contribution in [0.4, 0.5) is 5.82 Å². The van der Waals surface area contributed by atoms with Crippen LogP contribution in [-0.2, 0) is 6.54 Å². The quantitative estimate of drug-likeness (QED) is 0.526. The van der Waals surface area contributed by atoms with E-state index in [1.165, 1.54) is 0 Å². The van der Waals surface area contributed by atoms with Crippen molar-refractivity contribution in [2.24, 2.45) is 0 Å². The molecule has 0 bridgehead atoms. The molecule has 0 saturated carbocycles. The number of imidazole rings is 1. The first-order valence-electron chi connectivity index (χ1n) is 8.84. The van der Waals surface area contributed by atoms with E-state index < -0.39 is 0 Å². The molecule has 0 aliphatic carbocycles. The maximum atomic E-state index is 5.41. The highest BCUT2D eigenvalue weighted by Crippen LogP contribution is 2.28. The zero-order chi connectivity index (χ0) is 18.6. The van der Waals surface area contributed by atoms with Crippen molar-refractivity contribution in [2.45, 2.75) is 6.54 Å². The van der Waals surface area contributed by atoms with Gasteiger partial charge in [-0.15, -0.1) is 10.2 Å². The molecule has 4 rings (SSSR count). The van der Waals surface area contributed by atoms with Crippen LogP contribution in [0, 0.1) is 0 Å². The molecule has 0 spiro atoms. The van der Waals surface area contributed by atoms with Gasteiger partial charge in [-0.05, 0) is 36.4 Å². The molecule has 0 atom stereocenters. The average molecular weight is 359 g/mol. The van der Waals surface area contributed by atoms with Crippen molar-refractivity contribution < 1.29 is 4.74 Å². The van der Waals surface area contributed by atoms with Crippen LogP contribution in [0.25, 0.3) is 22.3 Å². The number of para-hydroxylation sites is 3. The number of likely N-dealkylation sites (N-methyl/N-ethyl adjacent to an activating group) is 1. The zero-order valence-electron chi connectivity index (χ0n) is 15.4. The van der Waals surface area contributed by atoms with Gasteiger partial charge in [-0.25, -0.2) is 4.98 Å². The maximum Gasteiger partial charge on any atom is 0.151 e. The Morgan fingerprint density at radius 1 is 0.963 bits per heavy atom. The second-order valence-corrected chi connectivity index (χ2v) is 6.33. The van der Waals surface area contributed by atoms with Crippen LogP contribution in [0.3, 0.4) is 0 Å². The van der Waals surface area contributed by atoms with E-state index in [0.29, 0.717) is 0 Å². The summed E-state index contributed by atoms with van der Waals surface area (Å²) in [6, 6.07) is 19.9. The molecule has 6 heteroatoms. The topological polar surface area (TPSA) is 56.1 Å². The molecule has 0 saturated heterocycles. The van der Waals surface area contributed by atoms with Crippen LogP contribution >= 0.6 is 0 Å². The van der Waals surface area contributed by atoms with Crippen LogP contribution < -0.4 is 9.64 Å². The number of nitrogens with zero attached hydrogens (tertiary/aromatic N) is 5. The maximum absolute atomic E-state index is 5.41. The van der Waals surface area contributed by atoms with E-state index >= 15 is 0 Å². The fourth-order valence-electron chi connectivity index (χ4n) is 3.09. The standard InChI is InChI=1S/C21H21N5O/c1-25(13-14-26-15-22-18-8-4-5-9-19(18)26)21-12-11-17(23-24-21)16-7-3-6-10-20(16)27-2/h3-12,15H,13-14H2,1-2H3. The van der Waals surface area contributed by atoms with Crippen molar-refractivity contribution in [2.75, 3.05) is 25.6 Å². The molecule has 0 unspecified atom stereocenters. The van der Waals surface area contributed by atoms with Gasteiger partial charge < -0.3 is 14.2 Å². The van der Waals surface area contributed by atoms with Gasteiger partial charge in [0.2, 0.25) is 0 Å². The van der Waals surface area contributed by atoms with E-state index in [0.717, 1.165) is 46.9 Å². The van der Waals surface area contributed by atoms with Crippen LogP contribution in [0.2, 0.25) is 0 Å². The first-order valence-corrected chi connectivity index (χ1v) is 8.84. The Bertz CT molecular complexity index is 1040. The van der Waals surface area contributed by atoms with Gasteiger partial charge in [0.15, 0.2) is 5.82 Å². The molecule has 0 radical (unpaired) electrons. The molecule has 0 fully saturated rings. The molecule has 0 aliphatic heterocycles. The van der Waals surface area contributed by atoms with E-state index in [4.69, 9.17) is 4.74 Å². The van der Waals surface area contributed by atoms with Crippen molar-refractivity contribution in [1.29, 1.82) is 0 Å². The van der Waals surface area contributed by atoms with Gasteiger partial charge in [0, 0.05) is 25.7 Å². The second kappa shape index (κ2) is 7.45. The monoisotopic (exact) mass is 359 g/mol. The fourth-order valence-corrected chi connectivity index (χ4v) is 3.09. The lowest BCUT2D eigenvalue weighted by atomic mass is 10.1. The van der Waals surface area contributed by atoms with Gasteiger partial charge in [0.05, 0.1) is 30.2 Å². The number of hydrogen-bond donors (Lipinski definition) is 0. The van der Waals surface area contributed by atoms with E-state index in [1.807, 2.05) is 68.0 Å². The highest BCUT2D eigenvalue weighted by molar-refractivity contribution is 5.75. The number of aromatic nitrogens is 4. The lowest BCUT2D eigenvalue weighted by Gasteiger charge is -2.18. The molecule has 136 valence electrons. The molecule has 0 aliphatic rings. The number of methoxy groups -OCH3 is 1. The second-order valence-electron chi connectivity index (χ2n) is 6.33. The number of ether oxygens (including phenoxy) is 1.